The van der Waals surface area contributed by atoms with Crippen LogP contribution in [0.2, 0.25) is 0 Å². The van der Waals surface area contributed by atoms with Crippen LogP contribution in [0.3, 0.4) is 0 Å². The summed E-state index contributed by atoms with van der Waals surface area (Å²) >= 11 is 0. The molecule has 0 spiro atoms. The molecule has 2 amide bonds. The topological polar surface area (TPSA) is 91.9 Å². The van der Waals surface area contributed by atoms with Crippen LogP contribution >= 0.6 is 0 Å². The third-order valence-electron chi connectivity index (χ3n) is 5.26. The average molecular weight is 459 g/mol. The van der Waals surface area contributed by atoms with Gasteiger partial charge in [0.25, 0.3) is 0 Å². The molecule has 3 aromatic carbocycles. The number of carbonyl (C=O) groups excluding carboxylic acids is 1. The molecule has 170 valence electrons. The van der Waals surface area contributed by atoms with Crippen LogP contribution in [0.4, 0.5) is 25.0 Å². The van der Waals surface area contributed by atoms with Crippen LogP contribution in [0, 0.1) is 0 Å². The number of pyridine rings is 1. The number of alkyl halides is 2. The molecule has 2 heterocycles. The number of aromatic amines is 1. The second kappa shape index (κ2) is 9.14. The van der Waals surface area contributed by atoms with Crippen LogP contribution in [0.1, 0.15) is 5.56 Å². The first-order valence-corrected chi connectivity index (χ1v) is 10.5. The maximum absolute atomic E-state index is 12.8. The van der Waals surface area contributed by atoms with Crippen molar-refractivity contribution in [3.63, 3.8) is 0 Å². The highest BCUT2D eigenvalue weighted by Crippen LogP contribution is 2.28. The van der Waals surface area contributed by atoms with Crippen molar-refractivity contribution in [2.75, 3.05) is 10.6 Å². The Morgan fingerprint density at radius 1 is 0.971 bits per heavy atom. The Morgan fingerprint density at radius 3 is 2.59 bits per heavy atom. The lowest BCUT2D eigenvalue weighted by atomic mass is 10.0. The van der Waals surface area contributed by atoms with E-state index in [-0.39, 0.29) is 6.42 Å². The molecule has 5 aromatic rings. The number of fused-ring (bicyclic) bond motifs is 2. The van der Waals surface area contributed by atoms with E-state index in [1.807, 2.05) is 6.07 Å². The van der Waals surface area contributed by atoms with Gasteiger partial charge in [0.15, 0.2) is 5.65 Å². The summed E-state index contributed by atoms with van der Waals surface area (Å²) in [6, 6.07) is 18.7. The van der Waals surface area contributed by atoms with Gasteiger partial charge < -0.3 is 15.4 Å². The molecule has 9 heteroatoms. The summed E-state index contributed by atoms with van der Waals surface area (Å²) in [5.74, 6) is 1.21. The van der Waals surface area contributed by atoms with Gasteiger partial charge in [0.05, 0.1) is 11.6 Å². The fourth-order valence-electron chi connectivity index (χ4n) is 3.72. The van der Waals surface area contributed by atoms with Crippen LogP contribution in [0.5, 0.6) is 11.5 Å². The number of anilines is 2. The molecular formula is C25H19F2N5O2. The monoisotopic (exact) mass is 459 g/mol. The van der Waals surface area contributed by atoms with Gasteiger partial charge in [-0.25, -0.2) is 18.6 Å². The number of hydrogen-bond acceptors (Lipinski definition) is 4. The highest BCUT2D eigenvalue weighted by Gasteiger charge is 2.10. The normalized spacial score (nSPS) is 11.1. The molecule has 2 aromatic heterocycles. The minimum atomic E-state index is -2.41. The van der Waals surface area contributed by atoms with Crippen molar-refractivity contribution in [3.05, 3.63) is 84.7 Å². The van der Waals surface area contributed by atoms with Gasteiger partial charge in [-0.2, -0.15) is 5.10 Å². The first-order chi connectivity index (χ1) is 16.5. The molecule has 0 saturated heterocycles. The number of nitrogens with one attached hydrogen (secondary N) is 3. The molecule has 0 aliphatic rings. The Balaban J connectivity index is 1.24. The van der Waals surface area contributed by atoms with E-state index in [1.54, 1.807) is 73.1 Å². The molecule has 0 unspecified atom stereocenters. The standard InChI is InChI=1S/C25H19F2N5O2/c26-23(27)13-16-3-1-2-15-12-18(6-9-20(15)16)31-25(33)30-17-4-7-19(8-5-17)34-22-10-11-28-24-21(22)14-29-32-24/h1-12,14,23H,13H2,(H,28,29,32)(H2,30,31,33). The highest BCUT2D eigenvalue weighted by atomic mass is 19.3. The van der Waals surface area contributed by atoms with Crippen LogP contribution < -0.4 is 15.4 Å². The lowest BCUT2D eigenvalue weighted by molar-refractivity contribution is 0.149. The Hall–Kier alpha value is -4.53. The molecule has 5 rings (SSSR count). The maximum Gasteiger partial charge on any atom is 0.323 e. The van der Waals surface area contributed by atoms with E-state index in [1.165, 1.54) is 0 Å². The first kappa shape index (κ1) is 21.3. The molecule has 0 bridgehead atoms. The van der Waals surface area contributed by atoms with Crippen molar-refractivity contribution in [3.8, 4) is 11.5 Å². The van der Waals surface area contributed by atoms with E-state index in [9.17, 15) is 13.6 Å². The minimum Gasteiger partial charge on any atom is -0.456 e. The fraction of sp³-hybridized carbons (Fsp3) is 0.0800. The summed E-state index contributed by atoms with van der Waals surface area (Å²) in [6.45, 7) is 0. The van der Waals surface area contributed by atoms with Crippen molar-refractivity contribution in [2.45, 2.75) is 12.8 Å². The van der Waals surface area contributed by atoms with E-state index in [0.29, 0.717) is 34.1 Å². The van der Waals surface area contributed by atoms with E-state index >= 15 is 0 Å². The number of ether oxygens (including phenoxy) is 1. The van der Waals surface area contributed by atoms with Crippen molar-refractivity contribution >= 4 is 39.2 Å². The van der Waals surface area contributed by atoms with Gasteiger partial charge in [-0.05, 0) is 58.8 Å². The summed E-state index contributed by atoms with van der Waals surface area (Å²) < 4.78 is 31.5. The zero-order valence-corrected chi connectivity index (χ0v) is 17.8. The second-order valence-corrected chi connectivity index (χ2v) is 7.60. The predicted octanol–water partition coefficient (Wildman–Crippen LogP) is 6.36. The van der Waals surface area contributed by atoms with Crippen LogP contribution in [-0.2, 0) is 6.42 Å². The van der Waals surface area contributed by atoms with Gasteiger partial charge in [0.2, 0.25) is 6.43 Å². The smallest absolute Gasteiger partial charge is 0.323 e. The van der Waals surface area contributed by atoms with E-state index in [4.69, 9.17) is 4.74 Å². The molecule has 7 nitrogen and oxygen atoms in total. The van der Waals surface area contributed by atoms with E-state index < -0.39 is 12.5 Å². The largest absolute Gasteiger partial charge is 0.456 e. The van der Waals surface area contributed by atoms with Gasteiger partial charge in [-0.1, -0.05) is 24.3 Å². The second-order valence-electron chi connectivity index (χ2n) is 7.60. The molecule has 0 aliphatic heterocycles. The third kappa shape index (κ3) is 4.63. The zero-order chi connectivity index (χ0) is 23.5. The number of halogens is 2. The summed E-state index contributed by atoms with van der Waals surface area (Å²) in [4.78, 5) is 16.6. The third-order valence-corrected chi connectivity index (χ3v) is 5.26. The number of H-pyrrole nitrogens is 1. The van der Waals surface area contributed by atoms with Crippen LogP contribution in [0.15, 0.2) is 79.1 Å². The summed E-state index contributed by atoms with van der Waals surface area (Å²) in [5.41, 5.74) is 2.34. The van der Waals surface area contributed by atoms with E-state index in [2.05, 4.69) is 25.8 Å². The van der Waals surface area contributed by atoms with Gasteiger partial charge in [-0.3, -0.25) is 5.10 Å². The molecule has 0 atom stereocenters. The molecule has 0 saturated carbocycles. The lowest BCUT2D eigenvalue weighted by Gasteiger charge is -2.11. The van der Waals surface area contributed by atoms with Gasteiger partial charge in [-0.15, -0.1) is 0 Å². The van der Waals surface area contributed by atoms with Crippen LogP contribution in [-0.4, -0.2) is 27.6 Å². The first-order valence-electron chi connectivity index (χ1n) is 10.5. The Labute approximate surface area is 192 Å². The molecule has 0 radical (unpaired) electrons. The number of nitrogens with zero attached hydrogens (tertiary/aromatic N) is 2. The SMILES string of the molecule is O=C(Nc1ccc(Oc2ccnc3[nH]ncc23)cc1)Nc1ccc2c(CC(F)F)cccc2c1. The summed E-state index contributed by atoms with van der Waals surface area (Å²) in [6.07, 6.45) is 0.549. The zero-order valence-electron chi connectivity index (χ0n) is 17.8. The molecular weight excluding hydrogens is 440 g/mol. The van der Waals surface area contributed by atoms with Crippen molar-refractivity contribution < 1.29 is 18.3 Å². The van der Waals surface area contributed by atoms with E-state index in [0.717, 1.165) is 16.2 Å². The Kier molecular flexibility index (Phi) is 5.73. The number of hydrogen-bond donors (Lipinski definition) is 3. The Bertz CT molecular complexity index is 1470. The maximum atomic E-state index is 12.8. The van der Waals surface area contributed by atoms with Gasteiger partial charge in [0, 0.05) is 24.0 Å². The molecule has 0 aliphatic carbocycles. The van der Waals surface area contributed by atoms with Crippen molar-refractivity contribution in [2.24, 2.45) is 0 Å². The molecule has 0 fully saturated rings. The number of benzene rings is 3. The summed E-state index contributed by atoms with van der Waals surface area (Å²) in [5, 5.41) is 14.6. The number of urea groups is 1. The Morgan fingerprint density at radius 2 is 1.76 bits per heavy atom. The fourth-order valence-corrected chi connectivity index (χ4v) is 3.72. The van der Waals surface area contributed by atoms with Crippen LogP contribution in [0.25, 0.3) is 21.8 Å². The number of rotatable bonds is 6. The highest BCUT2D eigenvalue weighted by molar-refractivity contribution is 6.01. The average Bonchev–Trinajstić information content (AvgIpc) is 3.30. The quantitative estimate of drug-likeness (QED) is 0.276. The van der Waals surface area contributed by atoms with Gasteiger partial charge in [0.1, 0.15) is 11.5 Å². The predicted molar refractivity (Wildman–Crippen MR) is 127 cm³/mol. The molecule has 3 N–H and O–H groups in total. The van der Waals surface area contributed by atoms with Crippen molar-refractivity contribution in [1.82, 2.24) is 15.2 Å². The number of carbonyl (C=O) groups is 1. The lowest BCUT2D eigenvalue weighted by Crippen LogP contribution is -2.19. The summed E-state index contributed by atoms with van der Waals surface area (Å²) in [7, 11) is 0. The number of amides is 2. The number of aromatic nitrogens is 3. The molecule has 34 heavy (non-hydrogen) atoms. The van der Waals surface area contributed by atoms with Gasteiger partial charge >= 0.3 is 6.03 Å². The minimum absolute atomic E-state index is 0.307. The van der Waals surface area contributed by atoms with Crippen molar-refractivity contribution in [1.29, 1.82) is 0 Å².